The number of aliphatic hydroxyl groups excluding tert-OH is 11. The maximum absolute atomic E-state index is 13.8. The zero-order valence-electron chi connectivity index (χ0n) is 45.0. The fourth-order valence-electron chi connectivity index (χ4n) is 17.2. The van der Waals surface area contributed by atoms with Crippen LogP contribution in [0.15, 0.2) is 24.3 Å². The molecular weight excluding hydrogens is 1010 g/mol. The van der Waals surface area contributed by atoms with Crippen LogP contribution < -0.4 is 5.32 Å². The molecule has 0 unspecified atom stereocenters. The molecule has 10 rings (SSSR count). The summed E-state index contributed by atoms with van der Waals surface area (Å²) in [7, 11) is 1.72. The normalized spacial score (nSPS) is 54.1. The molecule has 77 heavy (non-hydrogen) atoms. The van der Waals surface area contributed by atoms with Crippen molar-refractivity contribution in [1.82, 2.24) is 0 Å². The van der Waals surface area contributed by atoms with Gasteiger partial charge in [-0.2, -0.15) is 0 Å². The van der Waals surface area contributed by atoms with Crippen LogP contribution in [-0.2, 0) is 42.7 Å². The van der Waals surface area contributed by atoms with E-state index in [-0.39, 0.29) is 36.9 Å². The van der Waals surface area contributed by atoms with Crippen LogP contribution in [0.25, 0.3) is 0 Å². The third-order valence-electron chi connectivity index (χ3n) is 22.1. The van der Waals surface area contributed by atoms with Gasteiger partial charge in [0.15, 0.2) is 18.9 Å². The van der Waals surface area contributed by atoms with E-state index < -0.39 is 168 Å². The molecule has 4 aliphatic heterocycles. The quantitative estimate of drug-likeness (QED) is 0.0512. The van der Waals surface area contributed by atoms with Gasteiger partial charge in [0.1, 0.15) is 85.1 Å². The Morgan fingerprint density at radius 2 is 1.34 bits per heavy atom. The largest absolute Gasteiger partial charge is 0.458 e. The predicted molar refractivity (Wildman–Crippen MR) is 266 cm³/mol. The number of anilines is 1. The van der Waals surface area contributed by atoms with Crippen LogP contribution >= 0.6 is 0 Å². The van der Waals surface area contributed by atoms with E-state index in [0.717, 1.165) is 6.29 Å². The molecular formula is C55H83NO21. The summed E-state index contributed by atoms with van der Waals surface area (Å²) >= 11 is 0. The highest BCUT2D eigenvalue weighted by atomic mass is 16.8. The Balaban J connectivity index is 0.899. The minimum atomic E-state index is -1.89. The van der Waals surface area contributed by atoms with Crippen molar-refractivity contribution in [3.05, 3.63) is 29.8 Å². The van der Waals surface area contributed by atoms with Crippen LogP contribution in [0.2, 0.25) is 0 Å². The van der Waals surface area contributed by atoms with E-state index >= 15 is 0 Å². The highest BCUT2D eigenvalue weighted by Crippen LogP contribution is 2.83. The number of carbonyl (C=O) groups excluding carboxylic acids is 2. The molecule has 5 saturated carbocycles. The Bertz CT molecular complexity index is 2330. The molecule has 9 aliphatic rings. The molecule has 4 saturated heterocycles. The maximum Gasteiger partial charge on any atom is 0.340 e. The lowest BCUT2D eigenvalue weighted by molar-refractivity contribution is -0.383. The van der Waals surface area contributed by atoms with E-state index in [1.165, 1.54) is 0 Å². The average molecular weight is 1090 g/mol. The molecule has 0 bridgehead atoms. The molecule has 4 heterocycles. The number of rotatable bonds is 13. The smallest absolute Gasteiger partial charge is 0.340 e. The summed E-state index contributed by atoms with van der Waals surface area (Å²) in [5, 5.41) is 123. The van der Waals surface area contributed by atoms with Gasteiger partial charge < -0.3 is 104 Å². The number of aliphatic hydroxyl groups is 11. The van der Waals surface area contributed by atoms with Crippen LogP contribution in [0.1, 0.15) is 103 Å². The molecule has 28 atom stereocenters. The number of benzene rings is 1. The highest BCUT2D eigenvalue weighted by molar-refractivity contribution is 5.95. The Hall–Kier alpha value is -2.56. The lowest BCUT2D eigenvalue weighted by Crippen LogP contribution is -2.74. The zero-order valence-corrected chi connectivity index (χ0v) is 45.0. The number of epoxide rings is 1. The summed E-state index contributed by atoms with van der Waals surface area (Å²) < 4.78 is 50.0. The van der Waals surface area contributed by atoms with E-state index in [2.05, 4.69) is 33.0 Å². The Morgan fingerprint density at radius 1 is 0.701 bits per heavy atom. The first kappa shape index (κ1) is 57.7. The number of carbonyl (C=O) groups is 2. The first-order valence-electron chi connectivity index (χ1n) is 27.6. The lowest BCUT2D eigenvalue weighted by atomic mass is 9.31. The minimum absolute atomic E-state index is 0.0418. The van der Waals surface area contributed by atoms with Gasteiger partial charge in [-0.15, -0.1) is 0 Å². The molecule has 5 aliphatic carbocycles. The Labute approximate surface area is 448 Å². The van der Waals surface area contributed by atoms with E-state index in [1.54, 1.807) is 25.2 Å². The number of ether oxygens (including phenoxy) is 8. The van der Waals surface area contributed by atoms with Crippen molar-refractivity contribution in [3.63, 3.8) is 0 Å². The molecule has 0 aromatic heterocycles. The summed E-state index contributed by atoms with van der Waals surface area (Å²) in [5.74, 6) is -0.900. The van der Waals surface area contributed by atoms with Crippen molar-refractivity contribution in [2.75, 3.05) is 38.8 Å². The zero-order chi connectivity index (χ0) is 55.7. The van der Waals surface area contributed by atoms with E-state index in [4.69, 9.17) is 37.9 Å². The van der Waals surface area contributed by atoms with Crippen LogP contribution in [-0.4, -0.2) is 218 Å². The summed E-state index contributed by atoms with van der Waals surface area (Å²) in [5.41, 5.74) is -3.87. The van der Waals surface area contributed by atoms with Crippen LogP contribution in [0.4, 0.5) is 5.69 Å². The van der Waals surface area contributed by atoms with Crippen LogP contribution in [0, 0.1) is 50.2 Å². The molecule has 9 fully saturated rings. The van der Waals surface area contributed by atoms with Gasteiger partial charge in [-0.25, -0.2) is 4.79 Å². The topological polar surface area (TPSA) is 346 Å². The summed E-state index contributed by atoms with van der Waals surface area (Å²) in [6.45, 7) is 10.5. The predicted octanol–water partition coefficient (Wildman–Crippen LogP) is -0.509. The lowest BCUT2D eigenvalue weighted by Gasteiger charge is -2.73. The number of para-hydroxylation sites is 1. The van der Waals surface area contributed by atoms with Crippen molar-refractivity contribution < 1.29 is 104 Å². The van der Waals surface area contributed by atoms with Gasteiger partial charge in [0.25, 0.3) is 0 Å². The summed E-state index contributed by atoms with van der Waals surface area (Å²) in [6.07, 6.45) is -20.7. The SMILES string of the molecule is CNc1ccccc1C(=O)O[C@H]1C[C@@]2(C)[C@@H](C[C@@]1(C)C=O)[C@@]13O[C@@H]1C[C@@H]1[C@@]4(C)CC[C@H](O[C@@H]5OC[C@H](O[C@@H]6O[C@H](CO)[C@@H](O)[C@H](O)[C@H]6O)[C@H](O)[C@H]5O[C@@H]5O[C@H](CO)[C@@H](O)[C@H](O)[C@H]5O)[C@](C)(CO)[C@@H]4CC[C@@]1(C)[C@]3(C)C[C@@H]2O. The number of aldehydes is 1. The van der Waals surface area contributed by atoms with Gasteiger partial charge in [-0.1, -0.05) is 46.8 Å². The van der Waals surface area contributed by atoms with Gasteiger partial charge in [0, 0.05) is 34.9 Å². The van der Waals surface area contributed by atoms with Crippen molar-refractivity contribution in [2.24, 2.45) is 50.2 Å². The standard InChI is InChI=1S/C55H83NO21/c1-49(23-59)17-32-51(3,19-36(49)74-45(69)25-10-8-9-11-26(25)56-7)33(61)18-54(6)53(5)15-12-30-50(2,31(53)16-35-55(32,54)77-35)14-13-34(52(30,4)24-60)75-48-44(76-47-43(68)41(66)38(63)28(21-58)72-47)39(64)29(22-70-48)73-46-42(67)40(65)37(62)27(20-57)71-46/h8-11,23,27-44,46-48,56-58,60-68H,12-22,24H2,1-7H3/t27-,28-,29+,30-,31-,32-,33+,34+,35-,36+,37-,38-,39+,40+,41+,42-,43-,44-,46+,47+,48+,49+,50+,51+,52-,53-,54+,55-/m1/s1. The van der Waals surface area contributed by atoms with Gasteiger partial charge in [-0.3, -0.25) is 0 Å². The molecule has 1 aromatic carbocycles. The van der Waals surface area contributed by atoms with E-state index in [9.17, 15) is 65.8 Å². The molecule has 0 amide bonds. The van der Waals surface area contributed by atoms with Gasteiger partial charge in [0.05, 0.1) is 55.7 Å². The first-order chi connectivity index (χ1) is 36.3. The fraction of sp³-hybridized carbons (Fsp3) is 0.855. The molecule has 1 spiro atoms. The van der Waals surface area contributed by atoms with Gasteiger partial charge in [-0.05, 0) is 93.1 Å². The maximum atomic E-state index is 13.8. The van der Waals surface area contributed by atoms with Crippen LogP contribution in [0.3, 0.4) is 0 Å². The molecule has 12 N–H and O–H groups in total. The number of hydrogen-bond donors (Lipinski definition) is 12. The Morgan fingerprint density at radius 3 is 1.95 bits per heavy atom. The number of fused-ring (bicyclic) bond motifs is 5. The fourth-order valence-corrected chi connectivity index (χ4v) is 17.2. The summed E-state index contributed by atoms with van der Waals surface area (Å²) in [4.78, 5) is 27.2. The highest BCUT2D eigenvalue weighted by Gasteiger charge is 2.86. The second-order valence-electron chi connectivity index (χ2n) is 25.7. The second-order valence-corrected chi connectivity index (χ2v) is 25.7. The van der Waals surface area contributed by atoms with E-state index in [1.807, 2.05) is 19.9 Å². The Kier molecular flexibility index (Phi) is 15.3. The average Bonchev–Trinajstić information content (AvgIpc) is 2.98. The molecule has 22 nitrogen and oxygen atoms in total. The number of esters is 1. The van der Waals surface area contributed by atoms with Gasteiger partial charge >= 0.3 is 5.97 Å². The van der Waals surface area contributed by atoms with Gasteiger partial charge in [0.2, 0.25) is 0 Å². The third-order valence-corrected chi connectivity index (χ3v) is 22.1. The number of nitrogens with one attached hydrogen (secondary N) is 1. The molecule has 1 aromatic rings. The van der Waals surface area contributed by atoms with Crippen LogP contribution in [0.5, 0.6) is 0 Å². The van der Waals surface area contributed by atoms with Crippen molar-refractivity contribution in [3.8, 4) is 0 Å². The third kappa shape index (κ3) is 8.54. The first-order valence-corrected chi connectivity index (χ1v) is 27.6. The second kappa shape index (κ2) is 20.4. The van der Waals surface area contributed by atoms with Crippen molar-refractivity contribution in [1.29, 1.82) is 0 Å². The van der Waals surface area contributed by atoms with Crippen molar-refractivity contribution in [2.45, 2.75) is 209 Å². The summed E-state index contributed by atoms with van der Waals surface area (Å²) in [6, 6.07) is 7.04. The minimum Gasteiger partial charge on any atom is -0.458 e. The monoisotopic (exact) mass is 1090 g/mol. The molecule has 434 valence electrons. The van der Waals surface area contributed by atoms with E-state index in [0.29, 0.717) is 56.2 Å². The molecule has 0 radical (unpaired) electrons. The number of hydrogen-bond acceptors (Lipinski definition) is 22. The molecule has 22 heteroatoms. The van der Waals surface area contributed by atoms with Crippen molar-refractivity contribution >= 4 is 17.9 Å².